The van der Waals surface area contributed by atoms with E-state index in [-0.39, 0.29) is 17.9 Å². The molecule has 0 radical (unpaired) electrons. The molecule has 3 saturated heterocycles. The number of likely N-dealkylation sites (N-methyl/N-ethyl adjacent to an activating group) is 1. The van der Waals surface area contributed by atoms with Gasteiger partial charge in [0.2, 0.25) is 11.8 Å². The molecule has 146 valence electrons. The van der Waals surface area contributed by atoms with Gasteiger partial charge in [-0.15, -0.1) is 0 Å². The summed E-state index contributed by atoms with van der Waals surface area (Å²) >= 11 is 0. The molecule has 2 N–H and O–H groups in total. The number of likely N-dealkylation sites (tertiary alicyclic amines) is 1. The van der Waals surface area contributed by atoms with Crippen molar-refractivity contribution in [3.05, 3.63) is 29.8 Å². The summed E-state index contributed by atoms with van der Waals surface area (Å²) in [4.78, 5) is 28.7. The Morgan fingerprint density at radius 3 is 2.67 bits per heavy atom. The van der Waals surface area contributed by atoms with E-state index in [4.69, 9.17) is 0 Å². The predicted molar refractivity (Wildman–Crippen MR) is 105 cm³/mol. The summed E-state index contributed by atoms with van der Waals surface area (Å²) < 4.78 is 0. The van der Waals surface area contributed by atoms with Crippen LogP contribution < -0.4 is 15.5 Å². The summed E-state index contributed by atoms with van der Waals surface area (Å²) in [5, 5.41) is 6.54. The molecule has 3 fully saturated rings. The van der Waals surface area contributed by atoms with Crippen molar-refractivity contribution in [1.29, 1.82) is 0 Å². The maximum Gasteiger partial charge on any atom is 0.237 e. The van der Waals surface area contributed by atoms with Gasteiger partial charge in [-0.25, -0.2) is 0 Å². The van der Waals surface area contributed by atoms with Crippen molar-refractivity contribution in [2.75, 3.05) is 38.1 Å². The molecular weight excluding hydrogens is 340 g/mol. The predicted octanol–water partition coefficient (Wildman–Crippen LogP) is 1.50. The summed E-state index contributed by atoms with van der Waals surface area (Å²) in [5.74, 6) is 0.332. The fourth-order valence-corrected chi connectivity index (χ4v) is 4.90. The van der Waals surface area contributed by atoms with Crippen molar-refractivity contribution < 1.29 is 9.59 Å². The quantitative estimate of drug-likeness (QED) is 0.843. The van der Waals surface area contributed by atoms with Gasteiger partial charge < -0.3 is 15.5 Å². The highest BCUT2D eigenvalue weighted by Crippen LogP contribution is 2.41. The van der Waals surface area contributed by atoms with E-state index < -0.39 is 0 Å². The van der Waals surface area contributed by atoms with Gasteiger partial charge in [0, 0.05) is 31.7 Å². The first-order valence-corrected chi connectivity index (χ1v) is 10.1. The lowest BCUT2D eigenvalue weighted by Gasteiger charge is -2.33. The number of hydrogen-bond donors (Lipinski definition) is 2. The third kappa shape index (κ3) is 3.87. The molecule has 6 nitrogen and oxygen atoms in total. The Morgan fingerprint density at radius 1 is 1.26 bits per heavy atom. The molecule has 1 unspecified atom stereocenters. The molecule has 1 aromatic rings. The lowest BCUT2D eigenvalue weighted by Crippen LogP contribution is -2.41. The van der Waals surface area contributed by atoms with Crippen LogP contribution in [0.3, 0.4) is 0 Å². The number of nitrogens with one attached hydrogen (secondary N) is 2. The third-order valence-corrected chi connectivity index (χ3v) is 6.50. The zero-order chi connectivity index (χ0) is 18.9. The van der Waals surface area contributed by atoms with Crippen molar-refractivity contribution in [3.8, 4) is 0 Å². The van der Waals surface area contributed by atoms with Crippen LogP contribution >= 0.6 is 0 Å². The molecule has 0 bridgehead atoms. The lowest BCUT2D eigenvalue weighted by molar-refractivity contribution is -0.125. The largest absolute Gasteiger partial charge is 0.351 e. The van der Waals surface area contributed by atoms with Gasteiger partial charge in [0.1, 0.15) is 0 Å². The van der Waals surface area contributed by atoms with Crippen LogP contribution in [-0.2, 0) is 16.1 Å². The van der Waals surface area contributed by atoms with E-state index in [1.165, 1.54) is 0 Å². The van der Waals surface area contributed by atoms with Gasteiger partial charge in [0.05, 0.1) is 6.04 Å². The zero-order valence-electron chi connectivity index (χ0n) is 16.2. The van der Waals surface area contributed by atoms with Crippen LogP contribution in [0.4, 0.5) is 5.69 Å². The molecule has 3 aliphatic rings. The molecule has 6 heteroatoms. The van der Waals surface area contributed by atoms with Gasteiger partial charge in [-0.05, 0) is 68.9 Å². The second kappa shape index (κ2) is 7.60. The number of rotatable bonds is 4. The standard InChI is InChI=1S/C21H30N4O2/c1-24-15-21(8-10-22-11-9-21)13-18(24)20(27)23-14-16-4-6-17(7-5-16)25-12-2-3-19(25)26/h4-7,18,22H,2-3,8-15H2,1H3,(H,23,27). The molecule has 3 heterocycles. The molecular formula is C21H30N4O2. The van der Waals surface area contributed by atoms with Crippen LogP contribution in [0.1, 0.15) is 37.7 Å². The second-order valence-corrected chi connectivity index (χ2v) is 8.42. The van der Waals surface area contributed by atoms with Crippen molar-refractivity contribution in [2.24, 2.45) is 5.41 Å². The first kappa shape index (κ1) is 18.4. The van der Waals surface area contributed by atoms with Crippen LogP contribution in [0.5, 0.6) is 0 Å². The fourth-order valence-electron chi connectivity index (χ4n) is 4.90. The maximum absolute atomic E-state index is 12.8. The fraction of sp³-hybridized carbons (Fsp3) is 0.619. The van der Waals surface area contributed by atoms with E-state index in [1.54, 1.807) is 0 Å². The first-order chi connectivity index (χ1) is 13.1. The number of amides is 2. The highest BCUT2D eigenvalue weighted by molar-refractivity contribution is 5.95. The van der Waals surface area contributed by atoms with E-state index in [0.717, 1.165) is 63.1 Å². The zero-order valence-corrected chi connectivity index (χ0v) is 16.2. The third-order valence-electron chi connectivity index (χ3n) is 6.50. The minimum atomic E-state index is -0.0235. The van der Waals surface area contributed by atoms with Crippen molar-refractivity contribution in [3.63, 3.8) is 0 Å². The van der Waals surface area contributed by atoms with Crippen molar-refractivity contribution in [2.45, 2.75) is 44.7 Å². The Kier molecular flexibility index (Phi) is 5.19. The van der Waals surface area contributed by atoms with Crippen LogP contribution in [0.25, 0.3) is 0 Å². The highest BCUT2D eigenvalue weighted by Gasteiger charge is 2.45. The maximum atomic E-state index is 12.8. The minimum Gasteiger partial charge on any atom is -0.351 e. The van der Waals surface area contributed by atoms with E-state index in [1.807, 2.05) is 29.2 Å². The van der Waals surface area contributed by atoms with Crippen LogP contribution in [-0.4, -0.2) is 56.0 Å². The van der Waals surface area contributed by atoms with Crippen LogP contribution in [0.2, 0.25) is 0 Å². The molecule has 0 aromatic heterocycles. The van der Waals surface area contributed by atoms with E-state index in [2.05, 4.69) is 22.6 Å². The number of benzene rings is 1. The Labute approximate surface area is 161 Å². The molecule has 1 atom stereocenters. The van der Waals surface area contributed by atoms with Gasteiger partial charge in [-0.2, -0.15) is 0 Å². The topological polar surface area (TPSA) is 64.7 Å². The monoisotopic (exact) mass is 370 g/mol. The Hall–Kier alpha value is -1.92. The molecule has 1 spiro atoms. The number of nitrogens with zero attached hydrogens (tertiary/aromatic N) is 2. The Morgan fingerprint density at radius 2 is 2.00 bits per heavy atom. The van der Waals surface area contributed by atoms with Gasteiger partial charge in [-0.3, -0.25) is 14.5 Å². The summed E-state index contributed by atoms with van der Waals surface area (Å²) in [5.41, 5.74) is 2.33. The second-order valence-electron chi connectivity index (χ2n) is 8.42. The average Bonchev–Trinajstić information content (AvgIpc) is 3.24. The Balaban J connectivity index is 1.32. The molecule has 4 rings (SSSR count). The summed E-state index contributed by atoms with van der Waals surface area (Å²) in [6.07, 6.45) is 4.87. The molecule has 0 saturated carbocycles. The highest BCUT2D eigenvalue weighted by atomic mass is 16.2. The lowest BCUT2D eigenvalue weighted by atomic mass is 9.77. The molecule has 3 aliphatic heterocycles. The van der Waals surface area contributed by atoms with Gasteiger partial charge in [0.15, 0.2) is 0 Å². The number of hydrogen-bond acceptors (Lipinski definition) is 4. The average molecular weight is 370 g/mol. The van der Waals surface area contributed by atoms with Crippen molar-refractivity contribution >= 4 is 17.5 Å². The molecule has 27 heavy (non-hydrogen) atoms. The van der Waals surface area contributed by atoms with E-state index >= 15 is 0 Å². The number of piperidine rings is 1. The summed E-state index contributed by atoms with van der Waals surface area (Å²) in [6, 6.07) is 7.96. The summed E-state index contributed by atoms with van der Waals surface area (Å²) in [6.45, 7) is 4.49. The van der Waals surface area contributed by atoms with Crippen LogP contribution in [0, 0.1) is 5.41 Å². The molecule has 0 aliphatic carbocycles. The summed E-state index contributed by atoms with van der Waals surface area (Å²) in [7, 11) is 2.07. The molecule has 2 amide bonds. The Bertz CT molecular complexity index is 697. The smallest absolute Gasteiger partial charge is 0.237 e. The van der Waals surface area contributed by atoms with Gasteiger partial charge in [-0.1, -0.05) is 12.1 Å². The normalized spacial score (nSPS) is 25.3. The first-order valence-electron chi connectivity index (χ1n) is 10.1. The number of carbonyl (C=O) groups excluding carboxylic acids is 2. The van der Waals surface area contributed by atoms with E-state index in [9.17, 15) is 9.59 Å². The number of carbonyl (C=O) groups is 2. The number of anilines is 1. The SMILES string of the molecule is CN1CC2(CCNCC2)CC1C(=O)NCc1ccc(N2CCCC2=O)cc1. The van der Waals surface area contributed by atoms with Crippen molar-refractivity contribution in [1.82, 2.24) is 15.5 Å². The van der Waals surface area contributed by atoms with Gasteiger partial charge >= 0.3 is 0 Å². The van der Waals surface area contributed by atoms with E-state index in [0.29, 0.717) is 18.4 Å². The minimum absolute atomic E-state index is 0.0235. The van der Waals surface area contributed by atoms with Crippen LogP contribution in [0.15, 0.2) is 24.3 Å². The molecule has 1 aromatic carbocycles. The van der Waals surface area contributed by atoms with Gasteiger partial charge in [0.25, 0.3) is 0 Å².